The van der Waals surface area contributed by atoms with Crippen LogP contribution in [0.4, 0.5) is 0 Å². The Labute approximate surface area is 106 Å². The number of hydrogen-bond acceptors (Lipinski definition) is 5. The van der Waals surface area contributed by atoms with Crippen LogP contribution in [0.1, 0.15) is 17.6 Å². The van der Waals surface area contributed by atoms with Crippen molar-refractivity contribution < 1.29 is 9.84 Å². The molecule has 0 spiro atoms. The molecule has 1 aromatic heterocycles. The number of aromatic nitrogens is 1. The van der Waals surface area contributed by atoms with Crippen molar-refractivity contribution in [3.05, 3.63) is 16.1 Å². The van der Waals surface area contributed by atoms with Gasteiger partial charge in [-0.05, 0) is 6.92 Å². The molecule has 96 valence electrons. The van der Waals surface area contributed by atoms with Gasteiger partial charge in [0.25, 0.3) is 0 Å². The van der Waals surface area contributed by atoms with E-state index in [-0.39, 0.29) is 6.10 Å². The second-order valence-corrected chi connectivity index (χ2v) is 5.43. The second kappa shape index (κ2) is 6.44. The number of thiazole rings is 1. The van der Waals surface area contributed by atoms with Crippen LogP contribution in [0.2, 0.25) is 0 Å². The summed E-state index contributed by atoms with van der Waals surface area (Å²) < 4.78 is 5.32. The first kappa shape index (κ1) is 13.0. The molecule has 0 radical (unpaired) electrons. The minimum atomic E-state index is -0.302. The van der Waals surface area contributed by atoms with Gasteiger partial charge in [0.2, 0.25) is 0 Å². The third kappa shape index (κ3) is 4.35. The predicted octanol–water partition coefficient (Wildman–Crippen LogP) is 0.941. The van der Waals surface area contributed by atoms with Crippen molar-refractivity contribution in [2.75, 3.05) is 32.8 Å². The van der Waals surface area contributed by atoms with Crippen LogP contribution in [0.3, 0.4) is 0 Å². The molecule has 0 saturated carbocycles. The monoisotopic (exact) mass is 256 g/mol. The summed E-state index contributed by atoms with van der Waals surface area (Å²) in [6.07, 6.45) is 1.36. The summed E-state index contributed by atoms with van der Waals surface area (Å²) in [6, 6.07) is 0. The first-order valence-electron chi connectivity index (χ1n) is 6.15. The van der Waals surface area contributed by atoms with Crippen LogP contribution in [-0.2, 0) is 17.6 Å². The van der Waals surface area contributed by atoms with Crippen molar-refractivity contribution in [2.24, 2.45) is 0 Å². The summed E-state index contributed by atoms with van der Waals surface area (Å²) >= 11 is 1.70. The van der Waals surface area contributed by atoms with E-state index in [2.05, 4.69) is 15.3 Å². The van der Waals surface area contributed by atoms with Gasteiger partial charge in [-0.15, -0.1) is 11.3 Å². The number of nitrogens with zero attached hydrogens (tertiary/aromatic N) is 2. The highest BCUT2D eigenvalue weighted by atomic mass is 32.1. The zero-order valence-corrected chi connectivity index (χ0v) is 11.1. The lowest BCUT2D eigenvalue weighted by atomic mass is 10.2. The van der Waals surface area contributed by atoms with Gasteiger partial charge in [-0.1, -0.05) is 0 Å². The van der Waals surface area contributed by atoms with E-state index in [1.807, 2.05) is 0 Å². The van der Waals surface area contributed by atoms with Crippen LogP contribution in [0, 0.1) is 0 Å². The van der Waals surface area contributed by atoms with E-state index in [0.717, 1.165) is 45.0 Å². The molecule has 1 aliphatic rings. The maximum Gasteiger partial charge on any atom is 0.0941 e. The van der Waals surface area contributed by atoms with E-state index < -0.39 is 0 Å². The van der Waals surface area contributed by atoms with Crippen molar-refractivity contribution in [3.8, 4) is 0 Å². The van der Waals surface area contributed by atoms with Crippen LogP contribution >= 0.6 is 11.3 Å². The van der Waals surface area contributed by atoms with Gasteiger partial charge in [0.05, 0.1) is 30.0 Å². The Morgan fingerprint density at radius 2 is 2.29 bits per heavy atom. The first-order chi connectivity index (χ1) is 8.24. The van der Waals surface area contributed by atoms with Gasteiger partial charge >= 0.3 is 0 Å². The number of aliphatic hydroxyl groups excluding tert-OH is 1. The van der Waals surface area contributed by atoms with Gasteiger partial charge in [-0.25, -0.2) is 4.98 Å². The van der Waals surface area contributed by atoms with Crippen molar-refractivity contribution in [3.63, 3.8) is 0 Å². The molecule has 1 aromatic rings. The molecular formula is C12H20N2O2S. The normalized spacial score (nSPS) is 19.4. The zero-order valence-electron chi connectivity index (χ0n) is 10.3. The largest absolute Gasteiger partial charge is 0.393 e. The smallest absolute Gasteiger partial charge is 0.0941 e. The van der Waals surface area contributed by atoms with Gasteiger partial charge in [0, 0.05) is 37.9 Å². The Balaban J connectivity index is 1.76. The number of hydrogen-bond donors (Lipinski definition) is 1. The van der Waals surface area contributed by atoms with Gasteiger partial charge in [-0.2, -0.15) is 0 Å². The van der Waals surface area contributed by atoms with Gasteiger partial charge in [-0.3, -0.25) is 4.90 Å². The van der Waals surface area contributed by atoms with Gasteiger partial charge in [0.15, 0.2) is 0 Å². The lowest BCUT2D eigenvalue weighted by Crippen LogP contribution is -2.37. The third-order valence-electron chi connectivity index (χ3n) is 2.85. The molecule has 1 aliphatic heterocycles. The molecule has 5 heteroatoms. The Morgan fingerprint density at radius 3 is 3.00 bits per heavy atom. The molecule has 2 heterocycles. The number of morpholine rings is 1. The molecule has 0 aliphatic carbocycles. The van der Waals surface area contributed by atoms with Crippen LogP contribution in [0.15, 0.2) is 5.38 Å². The molecule has 1 atom stereocenters. The summed E-state index contributed by atoms with van der Waals surface area (Å²) in [5.41, 5.74) is 1.02. The van der Waals surface area contributed by atoms with E-state index in [1.54, 1.807) is 18.3 Å². The van der Waals surface area contributed by atoms with Crippen molar-refractivity contribution in [1.29, 1.82) is 0 Å². The predicted molar refractivity (Wildman–Crippen MR) is 68.5 cm³/mol. The third-order valence-corrected chi connectivity index (χ3v) is 3.81. The SMILES string of the molecule is CC(O)Cc1csc(CCN2CCOCC2)n1. The van der Waals surface area contributed by atoms with E-state index >= 15 is 0 Å². The molecule has 1 unspecified atom stereocenters. The summed E-state index contributed by atoms with van der Waals surface area (Å²) in [7, 11) is 0. The molecule has 1 saturated heterocycles. The fourth-order valence-electron chi connectivity index (χ4n) is 1.94. The highest BCUT2D eigenvalue weighted by Crippen LogP contribution is 2.13. The quantitative estimate of drug-likeness (QED) is 0.851. The van der Waals surface area contributed by atoms with Crippen molar-refractivity contribution in [2.45, 2.75) is 25.9 Å². The van der Waals surface area contributed by atoms with Crippen LogP contribution < -0.4 is 0 Å². The zero-order chi connectivity index (χ0) is 12.1. The summed E-state index contributed by atoms with van der Waals surface area (Å²) in [6.45, 7) is 6.63. The molecule has 17 heavy (non-hydrogen) atoms. The molecule has 1 N–H and O–H groups in total. The molecule has 2 rings (SSSR count). The summed E-state index contributed by atoms with van der Waals surface area (Å²) in [5.74, 6) is 0. The molecule has 0 aromatic carbocycles. The summed E-state index contributed by atoms with van der Waals surface area (Å²) in [5, 5.41) is 12.5. The van der Waals surface area contributed by atoms with E-state index in [9.17, 15) is 5.11 Å². The summed E-state index contributed by atoms with van der Waals surface area (Å²) in [4.78, 5) is 6.95. The lowest BCUT2D eigenvalue weighted by Gasteiger charge is -2.25. The Bertz CT molecular complexity index is 335. The standard InChI is InChI=1S/C12H20N2O2S/c1-10(15)8-11-9-17-12(13-11)2-3-14-4-6-16-7-5-14/h9-10,15H,2-8H2,1H3. The van der Waals surface area contributed by atoms with Crippen molar-refractivity contribution in [1.82, 2.24) is 9.88 Å². The van der Waals surface area contributed by atoms with Crippen LogP contribution in [-0.4, -0.2) is 53.9 Å². The molecule has 1 fully saturated rings. The Kier molecular flexibility index (Phi) is 4.91. The number of rotatable bonds is 5. The average molecular weight is 256 g/mol. The molecule has 0 bridgehead atoms. The fraction of sp³-hybridized carbons (Fsp3) is 0.750. The first-order valence-corrected chi connectivity index (χ1v) is 7.03. The highest BCUT2D eigenvalue weighted by molar-refractivity contribution is 7.09. The highest BCUT2D eigenvalue weighted by Gasteiger charge is 2.11. The molecule has 0 amide bonds. The van der Waals surface area contributed by atoms with E-state index in [0.29, 0.717) is 6.42 Å². The van der Waals surface area contributed by atoms with Crippen molar-refractivity contribution >= 4 is 11.3 Å². The van der Waals surface area contributed by atoms with Gasteiger partial charge in [0.1, 0.15) is 0 Å². The minimum absolute atomic E-state index is 0.302. The average Bonchev–Trinajstić information content (AvgIpc) is 2.75. The maximum absolute atomic E-state index is 9.29. The van der Waals surface area contributed by atoms with E-state index in [1.165, 1.54) is 5.01 Å². The molecular weight excluding hydrogens is 236 g/mol. The van der Waals surface area contributed by atoms with Crippen LogP contribution in [0.5, 0.6) is 0 Å². The Hall–Kier alpha value is -0.490. The minimum Gasteiger partial charge on any atom is -0.393 e. The topological polar surface area (TPSA) is 45.6 Å². The van der Waals surface area contributed by atoms with Crippen LogP contribution in [0.25, 0.3) is 0 Å². The van der Waals surface area contributed by atoms with E-state index in [4.69, 9.17) is 4.74 Å². The fourth-order valence-corrected chi connectivity index (χ4v) is 2.74. The maximum atomic E-state index is 9.29. The number of ether oxygens (including phenoxy) is 1. The second-order valence-electron chi connectivity index (χ2n) is 4.49. The van der Waals surface area contributed by atoms with Gasteiger partial charge < -0.3 is 9.84 Å². The number of aliphatic hydroxyl groups is 1. The molecule has 4 nitrogen and oxygen atoms in total. The lowest BCUT2D eigenvalue weighted by molar-refractivity contribution is 0.0384. The Morgan fingerprint density at radius 1 is 1.53 bits per heavy atom.